The van der Waals surface area contributed by atoms with Gasteiger partial charge in [0.2, 0.25) is 0 Å². The number of carbonyl (C=O) groups is 1. The quantitative estimate of drug-likeness (QED) is 0.855. The topological polar surface area (TPSA) is 29.5 Å². The Morgan fingerprint density at radius 3 is 2.90 bits per heavy atom. The summed E-state index contributed by atoms with van der Waals surface area (Å²) in [5, 5.41) is 0. The van der Waals surface area contributed by atoms with Gasteiger partial charge in [-0.15, -0.1) is 0 Å². The van der Waals surface area contributed by atoms with Crippen molar-refractivity contribution in [2.75, 3.05) is 13.2 Å². The van der Waals surface area contributed by atoms with Crippen LogP contribution in [0.5, 0.6) is 0 Å². The zero-order valence-electron chi connectivity index (χ0n) is 13.1. The van der Waals surface area contributed by atoms with Gasteiger partial charge in [-0.25, -0.2) is 0 Å². The first-order valence-corrected chi connectivity index (χ1v) is 8.13. The van der Waals surface area contributed by atoms with Crippen molar-refractivity contribution in [3.63, 3.8) is 0 Å². The highest BCUT2D eigenvalue weighted by atomic mass is 16.5. The first-order valence-electron chi connectivity index (χ1n) is 8.13. The number of ether oxygens (including phenoxy) is 1. The Kier molecular flexibility index (Phi) is 4.29. The molecule has 0 spiro atoms. The van der Waals surface area contributed by atoms with Gasteiger partial charge < -0.3 is 9.64 Å². The molecule has 2 heterocycles. The van der Waals surface area contributed by atoms with Gasteiger partial charge >= 0.3 is 0 Å². The van der Waals surface area contributed by atoms with E-state index in [9.17, 15) is 4.79 Å². The Hall–Kier alpha value is -1.35. The summed E-state index contributed by atoms with van der Waals surface area (Å²) in [7, 11) is 0. The summed E-state index contributed by atoms with van der Waals surface area (Å²) in [6.45, 7) is 5.93. The van der Waals surface area contributed by atoms with Crippen LogP contribution in [0.4, 0.5) is 0 Å². The van der Waals surface area contributed by atoms with Crippen molar-refractivity contribution in [2.45, 2.75) is 58.1 Å². The number of hydrogen-bond donors (Lipinski definition) is 0. The minimum atomic E-state index is -0.177. The van der Waals surface area contributed by atoms with Crippen molar-refractivity contribution in [1.82, 2.24) is 4.90 Å². The maximum Gasteiger partial charge on any atom is 0.251 e. The minimum Gasteiger partial charge on any atom is -0.368 e. The van der Waals surface area contributed by atoms with Gasteiger partial charge in [0.1, 0.15) is 6.10 Å². The molecule has 1 aromatic rings. The smallest absolute Gasteiger partial charge is 0.251 e. The van der Waals surface area contributed by atoms with E-state index in [0.717, 1.165) is 45.3 Å². The normalized spacial score (nSPS) is 25.5. The van der Waals surface area contributed by atoms with E-state index in [1.165, 1.54) is 16.7 Å². The predicted octanol–water partition coefficient (Wildman–Crippen LogP) is 3.02. The SMILES string of the molecule is Cc1ccc(C)c(CC2CCCN2C(=O)C2CCCO2)c1. The molecule has 1 amide bonds. The Bertz CT molecular complexity index is 520. The lowest BCUT2D eigenvalue weighted by molar-refractivity contribution is -0.141. The van der Waals surface area contributed by atoms with Crippen molar-refractivity contribution < 1.29 is 9.53 Å². The van der Waals surface area contributed by atoms with Gasteiger partial charge in [0.05, 0.1) is 0 Å². The predicted molar refractivity (Wildman–Crippen MR) is 83.3 cm³/mol. The number of carbonyl (C=O) groups excluding carboxylic acids is 1. The van der Waals surface area contributed by atoms with Gasteiger partial charge in [-0.1, -0.05) is 23.8 Å². The van der Waals surface area contributed by atoms with Gasteiger partial charge in [0.15, 0.2) is 0 Å². The third kappa shape index (κ3) is 3.13. The van der Waals surface area contributed by atoms with Crippen LogP contribution in [0.2, 0.25) is 0 Å². The molecule has 3 nitrogen and oxygen atoms in total. The Balaban J connectivity index is 1.71. The lowest BCUT2D eigenvalue weighted by Crippen LogP contribution is -2.42. The second kappa shape index (κ2) is 6.18. The van der Waals surface area contributed by atoms with Gasteiger partial charge in [-0.2, -0.15) is 0 Å². The van der Waals surface area contributed by atoms with Crippen molar-refractivity contribution in [3.05, 3.63) is 34.9 Å². The second-order valence-electron chi connectivity index (χ2n) is 6.46. The molecule has 2 unspecified atom stereocenters. The minimum absolute atomic E-state index is 0.177. The molecule has 0 aromatic heterocycles. The molecule has 0 radical (unpaired) electrons. The van der Waals surface area contributed by atoms with Crippen LogP contribution in [0.1, 0.15) is 42.4 Å². The molecule has 2 fully saturated rings. The molecule has 21 heavy (non-hydrogen) atoms. The van der Waals surface area contributed by atoms with Crippen LogP contribution < -0.4 is 0 Å². The van der Waals surface area contributed by atoms with E-state index >= 15 is 0 Å². The van der Waals surface area contributed by atoms with Gasteiger partial charge in [-0.3, -0.25) is 4.79 Å². The number of nitrogens with zero attached hydrogens (tertiary/aromatic N) is 1. The van der Waals surface area contributed by atoms with Crippen LogP contribution in [0.25, 0.3) is 0 Å². The average molecular weight is 287 g/mol. The molecule has 1 aromatic carbocycles. The Morgan fingerprint density at radius 1 is 1.29 bits per heavy atom. The van der Waals surface area contributed by atoms with Crippen molar-refractivity contribution in [3.8, 4) is 0 Å². The highest BCUT2D eigenvalue weighted by Crippen LogP contribution is 2.26. The number of rotatable bonds is 3. The second-order valence-corrected chi connectivity index (χ2v) is 6.46. The monoisotopic (exact) mass is 287 g/mol. The molecular weight excluding hydrogens is 262 g/mol. The van der Waals surface area contributed by atoms with E-state index in [4.69, 9.17) is 4.74 Å². The van der Waals surface area contributed by atoms with Crippen LogP contribution >= 0.6 is 0 Å². The van der Waals surface area contributed by atoms with Crippen molar-refractivity contribution in [2.24, 2.45) is 0 Å². The molecule has 2 atom stereocenters. The summed E-state index contributed by atoms with van der Waals surface area (Å²) < 4.78 is 5.58. The van der Waals surface area contributed by atoms with Crippen molar-refractivity contribution in [1.29, 1.82) is 0 Å². The standard InChI is InChI=1S/C18H25NO2/c1-13-7-8-14(2)15(11-13)12-16-5-3-9-19(16)18(20)17-6-4-10-21-17/h7-8,11,16-17H,3-6,9-10,12H2,1-2H3. The maximum atomic E-state index is 12.6. The fraction of sp³-hybridized carbons (Fsp3) is 0.611. The first-order chi connectivity index (χ1) is 10.1. The van der Waals surface area contributed by atoms with Crippen LogP contribution in [-0.4, -0.2) is 36.1 Å². The summed E-state index contributed by atoms with van der Waals surface area (Å²) in [6.07, 6.45) is 4.95. The highest BCUT2D eigenvalue weighted by Gasteiger charge is 2.35. The number of likely N-dealkylation sites (tertiary alicyclic amines) is 1. The molecule has 0 saturated carbocycles. The largest absolute Gasteiger partial charge is 0.368 e. The Labute approximate surface area is 127 Å². The number of hydrogen-bond acceptors (Lipinski definition) is 2. The number of aryl methyl sites for hydroxylation is 2. The zero-order chi connectivity index (χ0) is 14.8. The first kappa shape index (κ1) is 14.6. The third-order valence-electron chi connectivity index (χ3n) is 4.83. The van der Waals surface area contributed by atoms with Gasteiger partial charge in [-0.05, 0) is 57.1 Å². The fourth-order valence-electron chi connectivity index (χ4n) is 3.57. The molecule has 3 rings (SSSR count). The van der Waals surface area contributed by atoms with Crippen LogP contribution in [0.15, 0.2) is 18.2 Å². The molecule has 114 valence electrons. The summed E-state index contributed by atoms with van der Waals surface area (Å²) >= 11 is 0. The highest BCUT2D eigenvalue weighted by molar-refractivity contribution is 5.81. The van der Waals surface area contributed by atoms with E-state index in [0.29, 0.717) is 6.04 Å². The van der Waals surface area contributed by atoms with E-state index in [1.807, 2.05) is 0 Å². The lowest BCUT2D eigenvalue weighted by Gasteiger charge is -2.27. The molecule has 3 heteroatoms. The molecule has 0 aliphatic carbocycles. The molecule has 2 aliphatic rings. The molecule has 0 bridgehead atoms. The molecule has 2 saturated heterocycles. The van der Waals surface area contributed by atoms with Gasteiger partial charge in [0, 0.05) is 19.2 Å². The average Bonchev–Trinajstić information content (AvgIpc) is 3.13. The molecule has 0 N–H and O–H groups in total. The Morgan fingerprint density at radius 2 is 2.14 bits per heavy atom. The zero-order valence-corrected chi connectivity index (χ0v) is 13.1. The summed E-state index contributed by atoms with van der Waals surface area (Å²) in [4.78, 5) is 14.7. The van der Waals surface area contributed by atoms with Crippen LogP contribution in [0.3, 0.4) is 0 Å². The summed E-state index contributed by atoms with van der Waals surface area (Å²) in [5.41, 5.74) is 4.01. The summed E-state index contributed by atoms with van der Waals surface area (Å²) in [5.74, 6) is 0.223. The number of amides is 1. The van der Waals surface area contributed by atoms with E-state index in [1.54, 1.807) is 0 Å². The lowest BCUT2D eigenvalue weighted by atomic mass is 9.97. The van der Waals surface area contributed by atoms with Crippen molar-refractivity contribution >= 4 is 5.91 Å². The van der Waals surface area contributed by atoms with E-state index in [-0.39, 0.29) is 12.0 Å². The summed E-state index contributed by atoms with van der Waals surface area (Å²) in [6, 6.07) is 6.96. The number of benzene rings is 1. The molecular formula is C18H25NO2. The van der Waals surface area contributed by atoms with Crippen LogP contribution in [-0.2, 0) is 16.0 Å². The van der Waals surface area contributed by atoms with E-state index in [2.05, 4.69) is 36.9 Å². The van der Waals surface area contributed by atoms with Gasteiger partial charge in [0.25, 0.3) is 5.91 Å². The fourth-order valence-corrected chi connectivity index (χ4v) is 3.57. The third-order valence-corrected chi connectivity index (χ3v) is 4.83. The van der Waals surface area contributed by atoms with E-state index < -0.39 is 0 Å². The maximum absolute atomic E-state index is 12.6. The molecule has 2 aliphatic heterocycles. The van der Waals surface area contributed by atoms with Crippen LogP contribution in [0, 0.1) is 13.8 Å².